The van der Waals surface area contributed by atoms with Crippen LogP contribution in [0.1, 0.15) is 18.4 Å². The van der Waals surface area contributed by atoms with Crippen molar-refractivity contribution in [3.63, 3.8) is 0 Å². The number of halogens is 2. The molecular weight excluding hydrogens is 271 g/mol. The summed E-state index contributed by atoms with van der Waals surface area (Å²) in [5, 5.41) is 11.8. The fraction of sp³-hybridized carbons (Fsp3) is 0.462. The number of benzene rings is 1. The summed E-state index contributed by atoms with van der Waals surface area (Å²) < 4.78 is 13.0. The Hall–Kier alpha value is -1.33. The van der Waals surface area contributed by atoms with Crippen LogP contribution in [0.3, 0.4) is 0 Å². The van der Waals surface area contributed by atoms with Crippen molar-refractivity contribution < 1.29 is 14.3 Å². The van der Waals surface area contributed by atoms with E-state index in [-0.39, 0.29) is 23.5 Å². The van der Waals surface area contributed by atoms with E-state index in [0.717, 1.165) is 5.56 Å². The van der Waals surface area contributed by atoms with Crippen LogP contribution in [-0.4, -0.2) is 41.8 Å². The quantitative estimate of drug-likeness (QED) is 0.892. The van der Waals surface area contributed by atoms with E-state index in [1.54, 1.807) is 24.0 Å². The van der Waals surface area contributed by atoms with Gasteiger partial charge in [-0.05, 0) is 24.6 Å². The van der Waals surface area contributed by atoms with Crippen molar-refractivity contribution in [1.82, 2.24) is 10.2 Å². The number of amides is 2. The van der Waals surface area contributed by atoms with Gasteiger partial charge in [-0.3, -0.25) is 0 Å². The molecule has 19 heavy (non-hydrogen) atoms. The Kier molecular flexibility index (Phi) is 4.27. The van der Waals surface area contributed by atoms with Gasteiger partial charge in [-0.15, -0.1) is 0 Å². The van der Waals surface area contributed by atoms with Crippen LogP contribution in [0.25, 0.3) is 0 Å². The van der Waals surface area contributed by atoms with E-state index in [1.165, 1.54) is 6.07 Å². The van der Waals surface area contributed by atoms with Crippen LogP contribution in [0.5, 0.6) is 0 Å². The lowest BCUT2D eigenvalue weighted by Crippen LogP contribution is -2.53. The number of aliphatic hydroxyl groups is 1. The fourth-order valence-corrected chi connectivity index (χ4v) is 2.16. The second-order valence-corrected chi connectivity index (χ2v) is 5.22. The molecule has 0 saturated carbocycles. The molecule has 2 rings (SSSR count). The molecule has 4 nitrogen and oxygen atoms in total. The Bertz CT molecular complexity index is 476. The number of hydrogen-bond donors (Lipinski definition) is 2. The number of urea groups is 1. The third kappa shape index (κ3) is 3.36. The highest BCUT2D eigenvalue weighted by molar-refractivity contribution is 6.30. The van der Waals surface area contributed by atoms with Crippen LogP contribution in [0.4, 0.5) is 9.18 Å². The van der Waals surface area contributed by atoms with Crippen molar-refractivity contribution in [2.45, 2.75) is 18.9 Å². The van der Waals surface area contributed by atoms with Crippen LogP contribution in [0, 0.1) is 5.82 Å². The van der Waals surface area contributed by atoms with E-state index >= 15 is 0 Å². The average Bonchev–Trinajstić information content (AvgIpc) is 2.29. The molecule has 0 bridgehead atoms. The Morgan fingerprint density at radius 2 is 2.32 bits per heavy atom. The van der Waals surface area contributed by atoms with Crippen LogP contribution >= 0.6 is 11.6 Å². The maximum atomic E-state index is 13.0. The lowest BCUT2D eigenvalue weighted by Gasteiger charge is -2.39. The molecule has 1 aromatic carbocycles. The molecule has 1 aliphatic heterocycles. The Morgan fingerprint density at radius 1 is 1.63 bits per heavy atom. The van der Waals surface area contributed by atoms with Crippen molar-refractivity contribution in [3.8, 4) is 0 Å². The fourth-order valence-electron chi connectivity index (χ4n) is 1.97. The first kappa shape index (κ1) is 14.1. The van der Waals surface area contributed by atoms with E-state index < -0.39 is 11.9 Å². The van der Waals surface area contributed by atoms with Gasteiger partial charge in [0.15, 0.2) is 0 Å². The first-order valence-electron chi connectivity index (χ1n) is 6.13. The van der Waals surface area contributed by atoms with Crippen molar-refractivity contribution in [2.24, 2.45) is 0 Å². The zero-order valence-corrected chi connectivity index (χ0v) is 11.3. The van der Waals surface area contributed by atoms with Crippen molar-refractivity contribution in [1.29, 1.82) is 0 Å². The molecule has 1 fully saturated rings. The zero-order valence-electron chi connectivity index (χ0n) is 10.6. The summed E-state index contributed by atoms with van der Waals surface area (Å²) in [4.78, 5) is 13.3. The number of rotatable bonds is 3. The number of carbonyl (C=O) groups is 1. The van der Waals surface area contributed by atoms with E-state index in [1.807, 2.05) is 0 Å². The highest BCUT2D eigenvalue weighted by Crippen LogP contribution is 2.29. The predicted molar refractivity (Wildman–Crippen MR) is 70.8 cm³/mol. The molecule has 1 aliphatic rings. The molecule has 1 heterocycles. The molecule has 0 unspecified atom stereocenters. The lowest BCUT2D eigenvalue weighted by atomic mass is 9.92. The minimum Gasteiger partial charge on any atom is -0.392 e. The van der Waals surface area contributed by atoms with Gasteiger partial charge >= 0.3 is 6.03 Å². The normalized spacial score (nSPS) is 16.9. The van der Waals surface area contributed by atoms with Gasteiger partial charge in [0.05, 0.1) is 11.1 Å². The molecule has 0 radical (unpaired) electrons. The smallest absolute Gasteiger partial charge is 0.317 e. The number of nitrogens with zero attached hydrogens (tertiary/aromatic N) is 1. The van der Waals surface area contributed by atoms with Gasteiger partial charge in [0.2, 0.25) is 0 Å². The summed E-state index contributed by atoms with van der Waals surface area (Å²) >= 11 is 5.73. The summed E-state index contributed by atoms with van der Waals surface area (Å²) in [5.74, 6) is -0.244. The highest BCUT2D eigenvalue weighted by atomic mass is 35.5. The minimum atomic E-state index is -0.558. The minimum absolute atomic E-state index is 0.106. The molecule has 104 valence electrons. The van der Waals surface area contributed by atoms with E-state index in [9.17, 15) is 9.18 Å². The molecule has 1 aromatic rings. The second-order valence-electron chi connectivity index (χ2n) is 4.81. The van der Waals surface area contributed by atoms with E-state index in [0.29, 0.717) is 13.1 Å². The van der Waals surface area contributed by atoms with Crippen molar-refractivity contribution in [2.75, 3.05) is 19.6 Å². The summed E-state index contributed by atoms with van der Waals surface area (Å²) in [7, 11) is 0. The third-order valence-corrected chi connectivity index (χ3v) is 3.42. The van der Waals surface area contributed by atoms with Crippen molar-refractivity contribution in [3.05, 3.63) is 34.6 Å². The number of nitrogens with one attached hydrogen (secondary N) is 1. The van der Waals surface area contributed by atoms with Crippen LogP contribution < -0.4 is 5.32 Å². The number of carbonyl (C=O) groups excluding carboxylic acids is 1. The van der Waals surface area contributed by atoms with Gasteiger partial charge in [0.25, 0.3) is 0 Å². The molecule has 2 amide bonds. The number of likely N-dealkylation sites (tertiary alicyclic amines) is 1. The zero-order chi connectivity index (χ0) is 14.0. The number of hydrogen-bond acceptors (Lipinski definition) is 2. The molecule has 0 aliphatic carbocycles. The van der Waals surface area contributed by atoms with Gasteiger partial charge in [0.1, 0.15) is 5.82 Å². The molecule has 1 saturated heterocycles. The highest BCUT2D eigenvalue weighted by Gasteiger charge is 2.31. The van der Waals surface area contributed by atoms with Crippen LogP contribution in [-0.2, 0) is 0 Å². The standard InChI is InChI=1S/C13H16ClFN2O2/c1-8(18)5-16-13(19)17-6-10(7-17)9-2-3-12(15)11(14)4-9/h2-4,8,10,18H,5-7H2,1H3,(H,16,19)/t8-/m0/s1. The molecule has 0 spiro atoms. The molecule has 2 N–H and O–H groups in total. The first-order chi connectivity index (χ1) is 8.97. The first-order valence-corrected chi connectivity index (χ1v) is 6.51. The third-order valence-electron chi connectivity index (χ3n) is 3.13. The van der Waals surface area contributed by atoms with Gasteiger partial charge in [0, 0.05) is 25.6 Å². The summed E-state index contributed by atoms with van der Waals surface area (Å²) in [5.41, 5.74) is 0.936. The molecule has 0 aromatic heterocycles. The Morgan fingerprint density at radius 3 is 2.89 bits per heavy atom. The monoisotopic (exact) mass is 286 g/mol. The predicted octanol–water partition coefficient (Wildman–Crippen LogP) is 1.97. The van der Waals surface area contributed by atoms with Crippen LogP contribution in [0.15, 0.2) is 18.2 Å². The summed E-state index contributed by atoms with van der Waals surface area (Å²) in [6.45, 7) is 3.00. The maximum absolute atomic E-state index is 13.0. The van der Waals surface area contributed by atoms with E-state index in [4.69, 9.17) is 16.7 Å². The SMILES string of the molecule is C[C@H](O)CNC(=O)N1CC(c2ccc(F)c(Cl)c2)C1. The van der Waals surface area contributed by atoms with Gasteiger partial charge in [-0.1, -0.05) is 17.7 Å². The van der Waals surface area contributed by atoms with Crippen molar-refractivity contribution >= 4 is 17.6 Å². The molecule has 1 atom stereocenters. The second kappa shape index (κ2) is 5.75. The summed E-state index contributed by atoms with van der Waals surface area (Å²) in [6.07, 6.45) is -0.558. The number of aliphatic hydroxyl groups excluding tert-OH is 1. The van der Waals surface area contributed by atoms with Gasteiger partial charge < -0.3 is 15.3 Å². The lowest BCUT2D eigenvalue weighted by molar-refractivity contribution is 0.141. The van der Waals surface area contributed by atoms with Gasteiger partial charge in [-0.25, -0.2) is 9.18 Å². The topological polar surface area (TPSA) is 52.6 Å². The molecule has 6 heteroatoms. The Balaban J connectivity index is 1.85. The largest absolute Gasteiger partial charge is 0.392 e. The Labute approximate surface area is 116 Å². The molecular formula is C13H16ClFN2O2. The summed E-state index contributed by atoms with van der Waals surface area (Å²) in [6, 6.07) is 4.45. The van der Waals surface area contributed by atoms with Gasteiger partial charge in [-0.2, -0.15) is 0 Å². The van der Waals surface area contributed by atoms with Crippen LogP contribution in [0.2, 0.25) is 5.02 Å². The average molecular weight is 287 g/mol. The maximum Gasteiger partial charge on any atom is 0.317 e. The van der Waals surface area contributed by atoms with E-state index in [2.05, 4.69) is 5.32 Å².